The van der Waals surface area contributed by atoms with Gasteiger partial charge in [-0.15, -0.1) is 5.10 Å². The molecule has 0 radical (unpaired) electrons. The summed E-state index contributed by atoms with van der Waals surface area (Å²) in [6.07, 6.45) is 1.89. The number of ether oxygens (including phenoxy) is 1. The first-order valence-electron chi connectivity index (χ1n) is 9.30. The van der Waals surface area contributed by atoms with Crippen molar-refractivity contribution in [3.63, 3.8) is 0 Å². The minimum atomic E-state index is -0.174. The average molecular weight is 399 g/mol. The molecule has 0 amide bonds. The van der Waals surface area contributed by atoms with Gasteiger partial charge in [-0.05, 0) is 73.4 Å². The van der Waals surface area contributed by atoms with Crippen LogP contribution in [-0.4, -0.2) is 28.0 Å². The Hall–Kier alpha value is -2.67. The van der Waals surface area contributed by atoms with Crippen LogP contribution in [0.25, 0.3) is 11.4 Å². The predicted octanol–water partition coefficient (Wildman–Crippen LogP) is 4.48. The van der Waals surface area contributed by atoms with Crippen molar-refractivity contribution < 1.29 is 9.13 Å². The van der Waals surface area contributed by atoms with E-state index in [-0.39, 0.29) is 5.82 Å². The SMILES string of the molecule is COc1ccc(-c2nn(CN3CCCc4cc(C)cc(F)c43)c(=S)n2C)cc1. The van der Waals surface area contributed by atoms with Crippen molar-refractivity contribution in [3.05, 3.63) is 58.1 Å². The van der Waals surface area contributed by atoms with Crippen molar-refractivity contribution in [1.82, 2.24) is 14.3 Å². The summed E-state index contributed by atoms with van der Waals surface area (Å²) in [5, 5.41) is 4.72. The van der Waals surface area contributed by atoms with Gasteiger partial charge in [-0.25, -0.2) is 9.07 Å². The van der Waals surface area contributed by atoms with Crippen LogP contribution in [0.5, 0.6) is 5.75 Å². The zero-order chi connectivity index (χ0) is 19.8. The van der Waals surface area contributed by atoms with Crippen LogP contribution in [0.3, 0.4) is 0 Å². The van der Waals surface area contributed by atoms with Gasteiger partial charge in [-0.2, -0.15) is 0 Å². The molecule has 0 saturated heterocycles. The minimum Gasteiger partial charge on any atom is -0.497 e. The molecule has 0 spiro atoms. The highest BCUT2D eigenvalue weighted by Gasteiger charge is 2.22. The molecule has 28 heavy (non-hydrogen) atoms. The topological polar surface area (TPSA) is 35.2 Å². The van der Waals surface area contributed by atoms with E-state index in [1.165, 1.54) is 0 Å². The van der Waals surface area contributed by atoms with Crippen LogP contribution in [0.1, 0.15) is 17.5 Å². The third-order valence-corrected chi connectivity index (χ3v) is 5.66. The van der Waals surface area contributed by atoms with Crippen molar-refractivity contribution >= 4 is 17.9 Å². The highest BCUT2D eigenvalue weighted by molar-refractivity contribution is 7.71. The number of hydrogen-bond acceptors (Lipinski definition) is 4. The number of anilines is 1. The number of fused-ring (bicyclic) bond motifs is 1. The van der Waals surface area contributed by atoms with Crippen LogP contribution < -0.4 is 9.64 Å². The molecule has 1 aromatic heterocycles. The largest absolute Gasteiger partial charge is 0.497 e. The first kappa shape index (κ1) is 18.7. The Morgan fingerprint density at radius 2 is 1.96 bits per heavy atom. The normalized spacial score (nSPS) is 13.5. The second-order valence-corrected chi connectivity index (χ2v) is 7.52. The lowest BCUT2D eigenvalue weighted by Gasteiger charge is -2.31. The first-order valence-corrected chi connectivity index (χ1v) is 9.71. The maximum absolute atomic E-state index is 14.7. The lowest BCUT2D eigenvalue weighted by molar-refractivity contribution is 0.415. The lowest BCUT2D eigenvalue weighted by Crippen LogP contribution is -2.33. The van der Waals surface area contributed by atoms with E-state index in [1.807, 2.05) is 47.7 Å². The molecule has 0 unspecified atom stereocenters. The van der Waals surface area contributed by atoms with Crippen LogP contribution in [0.15, 0.2) is 36.4 Å². The van der Waals surface area contributed by atoms with E-state index in [2.05, 4.69) is 6.07 Å². The van der Waals surface area contributed by atoms with Crippen LogP contribution in [0, 0.1) is 17.5 Å². The summed E-state index contributed by atoms with van der Waals surface area (Å²) in [5.74, 6) is 1.39. The molecule has 7 heteroatoms. The van der Waals surface area contributed by atoms with Gasteiger partial charge in [0, 0.05) is 19.2 Å². The molecular weight excluding hydrogens is 375 g/mol. The predicted molar refractivity (Wildman–Crippen MR) is 111 cm³/mol. The molecule has 0 aliphatic carbocycles. The van der Waals surface area contributed by atoms with Gasteiger partial charge < -0.3 is 14.2 Å². The quantitative estimate of drug-likeness (QED) is 0.607. The van der Waals surface area contributed by atoms with Crippen molar-refractivity contribution in [2.24, 2.45) is 7.05 Å². The van der Waals surface area contributed by atoms with Gasteiger partial charge in [0.1, 0.15) is 18.2 Å². The average Bonchev–Trinajstić information content (AvgIpc) is 2.96. The Balaban J connectivity index is 1.68. The Bertz CT molecular complexity index is 1070. The van der Waals surface area contributed by atoms with Crippen molar-refractivity contribution in [2.45, 2.75) is 26.4 Å². The number of aromatic nitrogens is 3. The molecule has 0 fully saturated rings. The van der Waals surface area contributed by atoms with Gasteiger partial charge in [0.2, 0.25) is 0 Å². The number of nitrogens with zero attached hydrogens (tertiary/aromatic N) is 4. The van der Waals surface area contributed by atoms with Gasteiger partial charge in [-0.3, -0.25) is 0 Å². The number of aryl methyl sites for hydroxylation is 2. The molecule has 0 atom stereocenters. The monoisotopic (exact) mass is 398 g/mol. The Morgan fingerprint density at radius 3 is 2.68 bits per heavy atom. The van der Waals surface area contributed by atoms with E-state index < -0.39 is 0 Å². The second-order valence-electron chi connectivity index (χ2n) is 7.16. The maximum Gasteiger partial charge on any atom is 0.199 e. The molecule has 4 rings (SSSR count). The Kier molecular flexibility index (Phi) is 4.93. The number of halogens is 1. The summed E-state index contributed by atoms with van der Waals surface area (Å²) in [6.45, 7) is 3.14. The molecule has 5 nitrogen and oxygen atoms in total. The first-order chi connectivity index (χ1) is 13.5. The molecule has 1 aliphatic rings. The molecule has 146 valence electrons. The summed E-state index contributed by atoms with van der Waals surface area (Å²) in [7, 11) is 3.54. The standard InChI is InChI=1S/C21H23FN4OS/c1-14-11-16-5-4-10-25(19(16)18(22)12-14)13-26-21(28)24(2)20(23-26)15-6-8-17(27-3)9-7-15/h6-9,11-12H,4-5,10,13H2,1-3H3. The highest BCUT2D eigenvalue weighted by atomic mass is 32.1. The smallest absolute Gasteiger partial charge is 0.199 e. The fraction of sp³-hybridized carbons (Fsp3) is 0.333. The van der Waals surface area contributed by atoms with Gasteiger partial charge in [-0.1, -0.05) is 6.07 Å². The zero-order valence-electron chi connectivity index (χ0n) is 16.3. The van der Waals surface area contributed by atoms with E-state index in [1.54, 1.807) is 17.9 Å². The fourth-order valence-electron chi connectivity index (χ4n) is 3.80. The van der Waals surface area contributed by atoms with Gasteiger partial charge >= 0.3 is 0 Å². The van der Waals surface area contributed by atoms with Crippen molar-refractivity contribution in [2.75, 3.05) is 18.6 Å². The van der Waals surface area contributed by atoms with Crippen LogP contribution in [0.4, 0.5) is 10.1 Å². The number of methoxy groups -OCH3 is 1. The number of benzene rings is 2. The van der Waals surface area contributed by atoms with E-state index in [0.717, 1.165) is 47.7 Å². The van der Waals surface area contributed by atoms with Crippen LogP contribution >= 0.6 is 12.2 Å². The second kappa shape index (κ2) is 7.39. The van der Waals surface area contributed by atoms with Gasteiger partial charge in [0.25, 0.3) is 0 Å². The molecular formula is C21H23FN4OS. The number of hydrogen-bond donors (Lipinski definition) is 0. The highest BCUT2D eigenvalue weighted by Crippen LogP contribution is 2.32. The summed E-state index contributed by atoms with van der Waals surface area (Å²) < 4.78 is 24.2. The number of rotatable bonds is 4. The molecule has 0 bridgehead atoms. The van der Waals surface area contributed by atoms with E-state index >= 15 is 0 Å². The molecule has 0 N–H and O–H groups in total. The molecule has 3 aromatic rings. The lowest BCUT2D eigenvalue weighted by atomic mass is 9.99. The molecule has 2 aromatic carbocycles. The van der Waals surface area contributed by atoms with E-state index in [9.17, 15) is 4.39 Å². The summed E-state index contributed by atoms with van der Waals surface area (Å²) >= 11 is 5.60. The third kappa shape index (κ3) is 3.30. The maximum atomic E-state index is 14.7. The van der Waals surface area contributed by atoms with E-state index in [4.69, 9.17) is 22.1 Å². The van der Waals surface area contributed by atoms with Crippen LogP contribution in [-0.2, 0) is 20.1 Å². The van der Waals surface area contributed by atoms with E-state index in [0.29, 0.717) is 17.1 Å². The molecule has 0 saturated carbocycles. The molecule has 2 heterocycles. The third-order valence-electron chi connectivity index (χ3n) is 5.17. The Morgan fingerprint density at radius 1 is 1.21 bits per heavy atom. The summed E-state index contributed by atoms with van der Waals surface area (Å²) in [4.78, 5) is 2.04. The Labute approximate surface area is 169 Å². The summed E-state index contributed by atoms with van der Waals surface area (Å²) in [6, 6.07) is 11.4. The van der Waals surface area contributed by atoms with Crippen molar-refractivity contribution in [1.29, 1.82) is 0 Å². The van der Waals surface area contributed by atoms with Crippen molar-refractivity contribution in [3.8, 4) is 17.1 Å². The zero-order valence-corrected chi connectivity index (χ0v) is 17.1. The molecule has 1 aliphatic heterocycles. The fourth-order valence-corrected chi connectivity index (χ4v) is 3.98. The van der Waals surface area contributed by atoms with Gasteiger partial charge in [0.05, 0.1) is 12.8 Å². The van der Waals surface area contributed by atoms with Crippen LogP contribution in [0.2, 0.25) is 0 Å². The minimum absolute atomic E-state index is 0.174. The van der Waals surface area contributed by atoms with Gasteiger partial charge in [0.15, 0.2) is 10.6 Å². The summed E-state index contributed by atoms with van der Waals surface area (Å²) in [5.41, 5.74) is 3.64.